The lowest BCUT2D eigenvalue weighted by molar-refractivity contribution is 0.276. The second kappa shape index (κ2) is 4.53. The molecule has 2 rings (SSSR count). The van der Waals surface area contributed by atoms with Gasteiger partial charge < -0.3 is 10.4 Å². The predicted molar refractivity (Wildman–Crippen MR) is 54.8 cm³/mol. The molecule has 1 unspecified atom stereocenters. The molecular formula is C11H16N2O. The normalized spacial score (nSPS) is 22.2. The van der Waals surface area contributed by atoms with Gasteiger partial charge in [0.2, 0.25) is 0 Å². The van der Waals surface area contributed by atoms with E-state index in [-0.39, 0.29) is 6.61 Å². The van der Waals surface area contributed by atoms with Crippen molar-refractivity contribution in [2.45, 2.75) is 31.9 Å². The van der Waals surface area contributed by atoms with Crippen molar-refractivity contribution in [3.8, 4) is 0 Å². The number of pyridine rings is 1. The van der Waals surface area contributed by atoms with Gasteiger partial charge in [0.25, 0.3) is 0 Å². The van der Waals surface area contributed by atoms with Crippen LogP contribution in [0, 0.1) is 0 Å². The quantitative estimate of drug-likeness (QED) is 0.744. The van der Waals surface area contributed by atoms with Crippen LogP contribution in [0.15, 0.2) is 18.3 Å². The largest absolute Gasteiger partial charge is 0.392 e. The van der Waals surface area contributed by atoms with Gasteiger partial charge in [-0.3, -0.25) is 4.98 Å². The second-order valence-electron chi connectivity index (χ2n) is 3.71. The zero-order chi connectivity index (χ0) is 9.80. The number of aromatic nitrogens is 1. The molecule has 0 amide bonds. The van der Waals surface area contributed by atoms with Gasteiger partial charge >= 0.3 is 0 Å². The number of piperidine rings is 1. The Balaban J connectivity index is 2.20. The van der Waals surface area contributed by atoms with Crippen molar-refractivity contribution < 1.29 is 5.11 Å². The van der Waals surface area contributed by atoms with Gasteiger partial charge in [0.1, 0.15) is 0 Å². The maximum absolute atomic E-state index is 9.18. The number of nitrogens with one attached hydrogen (secondary N) is 1. The van der Waals surface area contributed by atoms with Crippen LogP contribution in [0.2, 0.25) is 0 Å². The van der Waals surface area contributed by atoms with Crippen molar-refractivity contribution >= 4 is 0 Å². The van der Waals surface area contributed by atoms with Gasteiger partial charge in [-0.2, -0.15) is 0 Å². The highest BCUT2D eigenvalue weighted by atomic mass is 16.3. The zero-order valence-corrected chi connectivity index (χ0v) is 8.24. The predicted octanol–water partition coefficient (Wildman–Crippen LogP) is 1.39. The number of nitrogens with zero attached hydrogens (tertiary/aromatic N) is 1. The van der Waals surface area contributed by atoms with Gasteiger partial charge in [-0.05, 0) is 25.5 Å². The maximum Gasteiger partial charge on any atom is 0.0700 e. The van der Waals surface area contributed by atoms with Crippen molar-refractivity contribution in [3.63, 3.8) is 0 Å². The minimum absolute atomic E-state index is 0.0847. The number of hydrogen-bond donors (Lipinski definition) is 2. The summed E-state index contributed by atoms with van der Waals surface area (Å²) in [5, 5.41) is 12.6. The molecule has 1 saturated heterocycles. The van der Waals surface area contributed by atoms with E-state index < -0.39 is 0 Å². The first-order chi connectivity index (χ1) is 6.92. The van der Waals surface area contributed by atoms with E-state index in [9.17, 15) is 5.11 Å². The molecular weight excluding hydrogens is 176 g/mol. The maximum atomic E-state index is 9.18. The fourth-order valence-electron chi connectivity index (χ4n) is 1.98. The fraction of sp³-hybridized carbons (Fsp3) is 0.545. The number of rotatable bonds is 2. The molecule has 2 N–H and O–H groups in total. The minimum atomic E-state index is 0.0847. The molecule has 0 aromatic carbocycles. The summed E-state index contributed by atoms with van der Waals surface area (Å²) in [5.41, 5.74) is 1.97. The van der Waals surface area contributed by atoms with E-state index in [4.69, 9.17) is 0 Å². The van der Waals surface area contributed by atoms with Crippen LogP contribution in [0.3, 0.4) is 0 Å². The van der Waals surface area contributed by atoms with E-state index in [2.05, 4.69) is 10.3 Å². The lowest BCUT2D eigenvalue weighted by Crippen LogP contribution is -2.28. The van der Waals surface area contributed by atoms with Crippen molar-refractivity contribution in [3.05, 3.63) is 29.6 Å². The van der Waals surface area contributed by atoms with Crippen LogP contribution in [0.4, 0.5) is 0 Å². The zero-order valence-electron chi connectivity index (χ0n) is 8.24. The lowest BCUT2D eigenvalue weighted by Gasteiger charge is -2.24. The molecule has 2 heterocycles. The third kappa shape index (κ3) is 1.94. The highest BCUT2D eigenvalue weighted by Gasteiger charge is 2.18. The van der Waals surface area contributed by atoms with Gasteiger partial charge in [0.05, 0.1) is 12.3 Å². The summed E-state index contributed by atoms with van der Waals surface area (Å²) in [5.74, 6) is 0. The highest BCUT2D eigenvalue weighted by Crippen LogP contribution is 2.23. The molecule has 14 heavy (non-hydrogen) atoms. The Bertz CT molecular complexity index is 295. The molecule has 1 atom stereocenters. The number of hydrogen-bond acceptors (Lipinski definition) is 3. The molecule has 3 nitrogen and oxygen atoms in total. The third-order valence-electron chi connectivity index (χ3n) is 2.74. The molecule has 0 spiro atoms. The summed E-state index contributed by atoms with van der Waals surface area (Å²) in [6, 6.07) is 4.16. The van der Waals surface area contributed by atoms with E-state index in [1.807, 2.05) is 12.1 Å². The van der Waals surface area contributed by atoms with E-state index in [1.54, 1.807) is 6.20 Å². The van der Waals surface area contributed by atoms with Crippen LogP contribution < -0.4 is 5.32 Å². The molecule has 3 heteroatoms. The SMILES string of the molecule is OCc1cccnc1C1CCCCN1. The standard InChI is InChI=1S/C11H16N2O/c14-8-9-4-3-7-13-11(9)10-5-1-2-6-12-10/h3-4,7,10,12,14H,1-2,5-6,8H2. The van der Waals surface area contributed by atoms with Crippen LogP contribution in [0.5, 0.6) is 0 Å². The molecule has 0 bridgehead atoms. The first-order valence-corrected chi connectivity index (χ1v) is 5.20. The monoisotopic (exact) mass is 192 g/mol. The van der Waals surface area contributed by atoms with Crippen molar-refractivity contribution in [1.29, 1.82) is 0 Å². The molecule has 1 aromatic heterocycles. The van der Waals surface area contributed by atoms with Crippen molar-refractivity contribution in [2.75, 3.05) is 6.54 Å². The Labute approximate surface area is 84.2 Å². The van der Waals surface area contributed by atoms with Crippen LogP contribution in [0.1, 0.15) is 36.6 Å². The van der Waals surface area contributed by atoms with E-state index in [0.717, 1.165) is 24.2 Å². The Hall–Kier alpha value is -0.930. The lowest BCUT2D eigenvalue weighted by atomic mass is 9.98. The Morgan fingerprint density at radius 3 is 3.14 bits per heavy atom. The Morgan fingerprint density at radius 2 is 2.43 bits per heavy atom. The Kier molecular flexibility index (Phi) is 3.11. The molecule has 0 aliphatic carbocycles. The molecule has 1 fully saturated rings. The van der Waals surface area contributed by atoms with E-state index in [1.165, 1.54) is 12.8 Å². The van der Waals surface area contributed by atoms with Crippen molar-refractivity contribution in [1.82, 2.24) is 10.3 Å². The van der Waals surface area contributed by atoms with Gasteiger partial charge in [-0.1, -0.05) is 12.5 Å². The molecule has 0 saturated carbocycles. The van der Waals surface area contributed by atoms with E-state index >= 15 is 0 Å². The van der Waals surface area contributed by atoms with Gasteiger partial charge in [-0.15, -0.1) is 0 Å². The summed E-state index contributed by atoms with van der Waals surface area (Å²) in [6.45, 7) is 1.15. The first-order valence-electron chi connectivity index (χ1n) is 5.20. The Morgan fingerprint density at radius 1 is 1.50 bits per heavy atom. The number of aliphatic hydroxyl groups excluding tert-OH is 1. The third-order valence-corrected chi connectivity index (χ3v) is 2.74. The number of aliphatic hydroxyl groups is 1. The van der Waals surface area contributed by atoms with Gasteiger partial charge in [0.15, 0.2) is 0 Å². The molecule has 1 aliphatic rings. The first kappa shape index (κ1) is 9.62. The minimum Gasteiger partial charge on any atom is -0.392 e. The summed E-state index contributed by atoms with van der Waals surface area (Å²) in [7, 11) is 0. The van der Waals surface area contributed by atoms with Crippen LogP contribution >= 0.6 is 0 Å². The smallest absolute Gasteiger partial charge is 0.0700 e. The fourth-order valence-corrected chi connectivity index (χ4v) is 1.98. The average Bonchev–Trinajstić information content (AvgIpc) is 2.30. The molecule has 1 aliphatic heterocycles. The summed E-state index contributed by atoms with van der Waals surface area (Å²) in [6.07, 6.45) is 5.42. The van der Waals surface area contributed by atoms with Crippen LogP contribution in [-0.2, 0) is 6.61 Å². The van der Waals surface area contributed by atoms with Crippen LogP contribution in [-0.4, -0.2) is 16.6 Å². The van der Waals surface area contributed by atoms with Crippen molar-refractivity contribution in [2.24, 2.45) is 0 Å². The van der Waals surface area contributed by atoms with Gasteiger partial charge in [0, 0.05) is 17.8 Å². The topological polar surface area (TPSA) is 45.2 Å². The van der Waals surface area contributed by atoms with Gasteiger partial charge in [-0.25, -0.2) is 0 Å². The van der Waals surface area contributed by atoms with E-state index in [0.29, 0.717) is 6.04 Å². The summed E-state index contributed by atoms with van der Waals surface area (Å²) >= 11 is 0. The summed E-state index contributed by atoms with van der Waals surface area (Å²) < 4.78 is 0. The van der Waals surface area contributed by atoms with Crippen LogP contribution in [0.25, 0.3) is 0 Å². The molecule has 0 radical (unpaired) electrons. The highest BCUT2D eigenvalue weighted by molar-refractivity contribution is 5.22. The average molecular weight is 192 g/mol. The molecule has 76 valence electrons. The second-order valence-corrected chi connectivity index (χ2v) is 3.71. The summed E-state index contributed by atoms with van der Waals surface area (Å²) in [4.78, 5) is 4.35. The molecule has 1 aromatic rings.